The molecule has 2 rings (SSSR count). The fraction of sp³-hybridized carbons (Fsp3) is 0.143. The van der Waals surface area contributed by atoms with Gasteiger partial charge in [0.25, 0.3) is 0 Å². The Morgan fingerprint density at radius 3 is 3.08 bits per heavy atom. The van der Waals surface area contributed by atoms with Crippen molar-refractivity contribution in [3.63, 3.8) is 0 Å². The van der Waals surface area contributed by atoms with Crippen molar-refractivity contribution >= 4 is 11.2 Å². The molecule has 0 radical (unpaired) electrons. The number of fused-ring (bicyclic) bond motifs is 1. The van der Waals surface area contributed by atoms with Crippen molar-refractivity contribution in [3.05, 3.63) is 18.3 Å². The SMILES string of the molecule is Cn1cnc2nc(C#N)ncc21. The van der Waals surface area contributed by atoms with Gasteiger partial charge in [0.1, 0.15) is 11.6 Å². The molecular weight excluding hydrogens is 154 g/mol. The minimum atomic E-state index is 0.154. The highest BCUT2D eigenvalue weighted by Gasteiger charge is 2.02. The summed E-state index contributed by atoms with van der Waals surface area (Å²) in [7, 11) is 1.85. The molecule has 0 aromatic carbocycles. The van der Waals surface area contributed by atoms with Gasteiger partial charge in [-0.05, 0) is 0 Å². The molecule has 0 unspecified atom stereocenters. The fourth-order valence-electron chi connectivity index (χ4n) is 0.968. The van der Waals surface area contributed by atoms with Gasteiger partial charge in [0, 0.05) is 7.05 Å². The lowest BCUT2D eigenvalue weighted by molar-refractivity contribution is 0.944. The van der Waals surface area contributed by atoms with Crippen LogP contribution in [0.2, 0.25) is 0 Å². The maximum absolute atomic E-state index is 8.49. The van der Waals surface area contributed by atoms with Gasteiger partial charge < -0.3 is 4.57 Å². The van der Waals surface area contributed by atoms with Crippen molar-refractivity contribution in [1.82, 2.24) is 19.5 Å². The predicted octanol–water partition coefficient (Wildman–Crippen LogP) is 0.235. The van der Waals surface area contributed by atoms with Gasteiger partial charge in [-0.15, -0.1) is 0 Å². The standard InChI is InChI=1S/C7H5N5/c1-12-4-10-7-5(12)3-9-6(2-8)11-7/h3-4H,1H3. The Bertz CT molecular complexity index is 464. The summed E-state index contributed by atoms with van der Waals surface area (Å²) < 4.78 is 1.80. The molecule has 5 nitrogen and oxygen atoms in total. The van der Waals surface area contributed by atoms with Crippen molar-refractivity contribution in [2.45, 2.75) is 0 Å². The Hall–Kier alpha value is -1.96. The van der Waals surface area contributed by atoms with Crippen molar-refractivity contribution in [2.24, 2.45) is 7.05 Å². The summed E-state index contributed by atoms with van der Waals surface area (Å²) >= 11 is 0. The van der Waals surface area contributed by atoms with E-state index in [4.69, 9.17) is 5.26 Å². The van der Waals surface area contributed by atoms with Gasteiger partial charge in [-0.25, -0.2) is 9.97 Å². The van der Waals surface area contributed by atoms with E-state index in [2.05, 4.69) is 15.0 Å². The number of imidazole rings is 1. The predicted molar refractivity (Wildman–Crippen MR) is 41.0 cm³/mol. The first kappa shape index (κ1) is 6.73. The van der Waals surface area contributed by atoms with Crippen molar-refractivity contribution in [3.8, 4) is 6.07 Å². The van der Waals surface area contributed by atoms with E-state index in [1.165, 1.54) is 0 Å². The highest BCUT2D eigenvalue weighted by atomic mass is 15.1. The first-order valence-electron chi connectivity index (χ1n) is 3.35. The zero-order valence-corrected chi connectivity index (χ0v) is 6.39. The zero-order valence-electron chi connectivity index (χ0n) is 6.39. The third-order valence-corrected chi connectivity index (χ3v) is 1.58. The van der Waals surface area contributed by atoms with Gasteiger partial charge in [0.2, 0.25) is 5.82 Å². The molecule has 0 bridgehead atoms. The Balaban J connectivity index is 2.80. The van der Waals surface area contributed by atoms with Crippen LogP contribution in [0.4, 0.5) is 0 Å². The van der Waals surface area contributed by atoms with E-state index in [1.54, 1.807) is 17.1 Å². The van der Waals surface area contributed by atoms with E-state index in [1.807, 2.05) is 13.1 Å². The number of nitriles is 1. The van der Waals surface area contributed by atoms with Crippen LogP contribution in [0.5, 0.6) is 0 Å². The van der Waals surface area contributed by atoms with Crippen LogP contribution in [0.3, 0.4) is 0 Å². The third-order valence-electron chi connectivity index (χ3n) is 1.58. The van der Waals surface area contributed by atoms with Crippen LogP contribution in [0, 0.1) is 11.3 Å². The van der Waals surface area contributed by atoms with Crippen molar-refractivity contribution in [1.29, 1.82) is 5.26 Å². The minimum absolute atomic E-state index is 0.154. The molecule has 0 aliphatic heterocycles. The number of aryl methyl sites for hydroxylation is 1. The number of nitrogens with zero attached hydrogens (tertiary/aromatic N) is 5. The number of hydrogen-bond acceptors (Lipinski definition) is 4. The Kier molecular flexibility index (Phi) is 1.27. The summed E-state index contributed by atoms with van der Waals surface area (Å²) in [4.78, 5) is 11.7. The average molecular weight is 159 g/mol. The molecule has 2 aromatic rings. The summed E-state index contributed by atoms with van der Waals surface area (Å²) in [5.41, 5.74) is 1.39. The number of aromatic nitrogens is 4. The van der Waals surface area contributed by atoms with Crippen molar-refractivity contribution in [2.75, 3.05) is 0 Å². The van der Waals surface area contributed by atoms with Crippen LogP contribution >= 0.6 is 0 Å². The van der Waals surface area contributed by atoms with Crippen molar-refractivity contribution < 1.29 is 0 Å². The molecule has 2 aromatic heterocycles. The number of rotatable bonds is 0. The summed E-state index contributed by atoms with van der Waals surface area (Å²) in [5.74, 6) is 0.154. The summed E-state index contributed by atoms with van der Waals surface area (Å²) in [6.45, 7) is 0. The largest absolute Gasteiger partial charge is 0.331 e. The van der Waals surface area contributed by atoms with Crippen LogP contribution in [0.25, 0.3) is 11.2 Å². The molecule has 0 N–H and O–H groups in total. The second-order valence-corrected chi connectivity index (χ2v) is 2.37. The molecular formula is C7H5N5. The van der Waals surface area contributed by atoms with E-state index in [9.17, 15) is 0 Å². The molecule has 0 fully saturated rings. The first-order chi connectivity index (χ1) is 5.81. The van der Waals surface area contributed by atoms with Crippen LogP contribution in [0.15, 0.2) is 12.5 Å². The summed E-state index contributed by atoms with van der Waals surface area (Å²) in [6.07, 6.45) is 3.23. The Morgan fingerprint density at radius 1 is 1.50 bits per heavy atom. The lowest BCUT2D eigenvalue weighted by Crippen LogP contribution is -1.90. The first-order valence-corrected chi connectivity index (χ1v) is 3.35. The minimum Gasteiger partial charge on any atom is -0.331 e. The molecule has 5 heteroatoms. The van der Waals surface area contributed by atoms with E-state index in [0.717, 1.165) is 5.52 Å². The highest BCUT2D eigenvalue weighted by molar-refractivity contribution is 5.69. The molecule has 0 amide bonds. The van der Waals surface area contributed by atoms with Gasteiger partial charge in [0.15, 0.2) is 5.65 Å². The second-order valence-electron chi connectivity index (χ2n) is 2.37. The molecule has 0 spiro atoms. The fourth-order valence-corrected chi connectivity index (χ4v) is 0.968. The summed E-state index contributed by atoms with van der Waals surface area (Å²) in [5, 5.41) is 8.49. The van der Waals surface area contributed by atoms with E-state index in [-0.39, 0.29) is 5.82 Å². The van der Waals surface area contributed by atoms with Gasteiger partial charge in [-0.3, -0.25) is 0 Å². The molecule has 12 heavy (non-hydrogen) atoms. The average Bonchev–Trinajstić information content (AvgIpc) is 2.47. The molecule has 0 saturated heterocycles. The molecule has 58 valence electrons. The Labute approximate surface area is 68.3 Å². The quantitative estimate of drug-likeness (QED) is 0.552. The second kappa shape index (κ2) is 2.27. The molecule has 2 heterocycles. The van der Waals surface area contributed by atoms with E-state index in [0.29, 0.717) is 5.65 Å². The lowest BCUT2D eigenvalue weighted by atomic mass is 10.5. The van der Waals surface area contributed by atoms with Gasteiger partial charge >= 0.3 is 0 Å². The normalized spacial score (nSPS) is 10.0. The highest BCUT2D eigenvalue weighted by Crippen LogP contribution is 2.06. The molecule has 0 atom stereocenters. The lowest BCUT2D eigenvalue weighted by Gasteiger charge is -1.91. The zero-order chi connectivity index (χ0) is 8.55. The van der Waals surface area contributed by atoms with Crippen LogP contribution in [0.1, 0.15) is 5.82 Å². The topological polar surface area (TPSA) is 67.4 Å². The van der Waals surface area contributed by atoms with E-state index >= 15 is 0 Å². The molecule has 0 aliphatic carbocycles. The smallest absolute Gasteiger partial charge is 0.234 e. The maximum Gasteiger partial charge on any atom is 0.234 e. The third kappa shape index (κ3) is 0.820. The maximum atomic E-state index is 8.49. The molecule has 0 saturated carbocycles. The number of hydrogen-bond donors (Lipinski definition) is 0. The summed E-state index contributed by atoms with van der Waals surface area (Å²) in [6, 6.07) is 1.86. The Morgan fingerprint density at radius 2 is 2.33 bits per heavy atom. The van der Waals surface area contributed by atoms with Crippen LogP contribution in [-0.4, -0.2) is 19.5 Å². The van der Waals surface area contributed by atoms with E-state index < -0.39 is 0 Å². The van der Waals surface area contributed by atoms with Gasteiger partial charge in [-0.2, -0.15) is 10.2 Å². The van der Waals surface area contributed by atoms with Crippen LogP contribution < -0.4 is 0 Å². The van der Waals surface area contributed by atoms with Gasteiger partial charge in [-0.1, -0.05) is 0 Å². The monoisotopic (exact) mass is 159 g/mol. The molecule has 0 aliphatic rings. The van der Waals surface area contributed by atoms with Crippen LogP contribution in [-0.2, 0) is 7.05 Å². The van der Waals surface area contributed by atoms with Gasteiger partial charge in [0.05, 0.1) is 12.5 Å².